The van der Waals surface area contributed by atoms with Gasteiger partial charge in [0, 0.05) is 17.3 Å². The quantitative estimate of drug-likeness (QED) is 0.480. The third-order valence-electron chi connectivity index (χ3n) is 4.57. The van der Waals surface area contributed by atoms with Gasteiger partial charge in [-0.15, -0.1) is 0 Å². The van der Waals surface area contributed by atoms with E-state index in [-0.39, 0.29) is 5.56 Å². The second-order valence-corrected chi connectivity index (χ2v) is 6.48. The van der Waals surface area contributed by atoms with Gasteiger partial charge >= 0.3 is 5.97 Å². The Morgan fingerprint density at radius 1 is 0.897 bits per heavy atom. The topological polar surface area (TPSA) is 59.4 Å². The summed E-state index contributed by atoms with van der Waals surface area (Å²) in [6.07, 6.45) is 1.72. The van der Waals surface area contributed by atoms with Crippen molar-refractivity contribution < 1.29 is 14.6 Å². The lowest BCUT2D eigenvalue weighted by Gasteiger charge is -2.11. The minimum atomic E-state index is -0.947. The Bertz CT molecular complexity index is 1100. The van der Waals surface area contributed by atoms with Gasteiger partial charge in [-0.2, -0.15) is 0 Å². The van der Waals surface area contributed by atoms with Gasteiger partial charge in [-0.3, -0.25) is 4.98 Å². The van der Waals surface area contributed by atoms with E-state index in [2.05, 4.69) is 11.1 Å². The molecule has 0 spiro atoms. The van der Waals surface area contributed by atoms with E-state index in [1.165, 1.54) is 0 Å². The number of rotatable bonds is 6. The van der Waals surface area contributed by atoms with E-state index in [1.54, 1.807) is 30.5 Å². The van der Waals surface area contributed by atoms with Crippen LogP contribution in [0, 0.1) is 6.07 Å². The van der Waals surface area contributed by atoms with Crippen molar-refractivity contribution in [3.05, 3.63) is 108 Å². The van der Waals surface area contributed by atoms with Crippen molar-refractivity contribution in [2.24, 2.45) is 0 Å². The summed E-state index contributed by atoms with van der Waals surface area (Å²) in [5.74, 6) is -0.182. The van der Waals surface area contributed by atoms with Crippen molar-refractivity contribution in [1.82, 2.24) is 4.98 Å². The first-order valence-electron chi connectivity index (χ1n) is 9.18. The highest BCUT2D eigenvalue weighted by Crippen LogP contribution is 2.25. The molecule has 0 saturated heterocycles. The Morgan fingerprint density at radius 3 is 2.34 bits per heavy atom. The van der Waals surface area contributed by atoms with Crippen LogP contribution >= 0.6 is 0 Å². The Labute approximate surface area is 169 Å². The zero-order valence-electron chi connectivity index (χ0n) is 15.6. The number of aromatic nitrogens is 1. The summed E-state index contributed by atoms with van der Waals surface area (Å²) in [6, 6.07) is 29.5. The summed E-state index contributed by atoms with van der Waals surface area (Å²) < 4.78 is 5.96. The fraction of sp³-hybridized carbons (Fsp3) is 0.0400. The van der Waals surface area contributed by atoms with Crippen molar-refractivity contribution in [3.8, 4) is 28.1 Å². The molecule has 0 atom stereocenters. The van der Waals surface area contributed by atoms with E-state index in [0.717, 1.165) is 33.7 Å². The smallest absolute Gasteiger partial charge is 0.335 e. The summed E-state index contributed by atoms with van der Waals surface area (Å²) in [5, 5.41) is 9.07. The average molecular weight is 380 g/mol. The number of hydrogen-bond donors (Lipinski definition) is 1. The summed E-state index contributed by atoms with van der Waals surface area (Å²) >= 11 is 0. The lowest BCUT2D eigenvalue weighted by molar-refractivity contribution is 0.0697. The van der Waals surface area contributed by atoms with Gasteiger partial charge in [-0.25, -0.2) is 4.79 Å². The molecule has 0 aliphatic carbocycles. The minimum absolute atomic E-state index is 0.248. The van der Waals surface area contributed by atoms with E-state index in [9.17, 15) is 4.79 Å². The molecule has 0 saturated carbocycles. The fourth-order valence-electron chi connectivity index (χ4n) is 3.05. The molecule has 0 aliphatic rings. The first-order valence-corrected chi connectivity index (χ1v) is 9.18. The van der Waals surface area contributed by atoms with Crippen LogP contribution in [0.2, 0.25) is 0 Å². The van der Waals surface area contributed by atoms with Crippen molar-refractivity contribution in [1.29, 1.82) is 0 Å². The van der Waals surface area contributed by atoms with Crippen molar-refractivity contribution in [2.45, 2.75) is 6.61 Å². The van der Waals surface area contributed by atoms with Crippen LogP contribution in [-0.2, 0) is 6.61 Å². The maximum atomic E-state index is 11.1. The molecule has 4 rings (SSSR count). The van der Waals surface area contributed by atoms with E-state index in [4.69, 9.17) is 9.84 Å². The van der Waals surface area contributed by atoms with Crippen LogP contribution in [0.3, 0.4) is 0 Å². The molecule has 141 valence electrons. The van der Waals surface area contributed by atoms with E-state index >= 15 is 0 Å². The molecule has 4 nitrogen and oxygen atoms in total. The van der Waals surface area contributed by atoms with Gasteiger partial charge in [0.2, 0.25) is 0 Å². The molecule has 29 heavy (non-hydrogen) atoms. The van der Waals surface area contributed by atoms with Crippen LogP contribution in [-0.4, -0.2) is 16.1 Å². The molecule has 0 amide bonds. The summed E-state index contributed by atoms with van der Waals surface area (Å²) in [4.78, 5) is 15.5. The monoisotopic (exact) mass is 380 g/mol. The fourth-order valence-corrected chi connectivity index (χ4v) is 3.05. The average Bonchev–Trinajstić information content (AvgIpc) is 2.79. The van der Waals surface area contributed by atoms with Crippen LogP contribution in [0.25, 0.3) is 22.4 Å². The predicted molar refractivity (Wildman–Crippen MR) is 112 cm³/mol. The van der Waals surface area contributed by atoms with Crippen molar-refractivity contribution in [2.75, 3.05) is 0 Å². The summed E-state index contributed by atoms with van der Waals surface area (Å²) in [6.45, 7) is 0.362. The molecule has 4 aromatic rings. The van der Waals surface area contributed by atoms with E-state index in [0.29, 0.717) is 6.61 Å². The maximum absolute atomic E-state index is 11.1. The normalized spacial score (nSPS) is 10.5. The van der Waals surface area contributed by atoms with Crippen LogP contribution < -0.4 is 4.74 Å². The van der Waals surface area contributed by atoms with Crippen molar-refractivity contribution >= 4 is 5.97 Å². The Hall–Kier alpha value is -3.92. The first-order chi connectivity index (χ1) is 14.2. The third-order valence-corrected chi connectivity index (χ3v) is 4.57. The van der Waals surface area contributed by atoms with Crippen LogP contribution in [0.1, 0.15) is 15.9 Å². The highest BCUT2D eigenvalue weighted by Gasteiger charge is 2.09. The number of ether oxygens (including phenoxy) is 1. The van der Waals surface area contributed by atoms with Gasteiger partial charge in [-0.05, 0) is 47.5 Å². The largest absolute Gasteiger partial charge is 0.489 e. The second-order valence-electron chi connectivity index (χ2n) is 6.48. The standard InChI is InChI=1S/C25H18NO3/c27-25(28)21-10-8-20(9-11-21)24-22(7-4-16-26-24)17-29-23-14-12-19(13-15-23)18-5-2-1-3-6-18/h1-5,7-16H,17H2,(H,27,28). The minimum Gasteiger partial charge on any atom is -0.489 e. The molecule has 1 radical (unpaired) electrons. The SMILES string of the molecule is O=C(O)c1ccc(-c2ncccc2COc2ccc(-c3[c]cccc3)cc2)cc1. The molecule has 1 heterocycles. The summed E-state index contributed by atoms with van der Waals surface area (Å²) in [5.41, 5.74) is 4.93. The lowest BCUT2D eigenvalue weighted by atomic mass is 10.0. The number of nitrogens with zero attached hydrogens (tertiary/aromatic N) is 1. The number of aromatic carboxylic acids is 1. The molecule has 4 heteroatoms. The zero-order chi connectivity index (χ0) is 20.1. The van der Waals surface area contributed by atoms with Gasteiger partial charge < -0.3 is 9.84 Å². The second kappa shape index (κ2) is 8.40. The predicted octanol–water partition coefficient (Wildman–Crippen LogP) is 5.49. The van der Waals surface area contributed by atoms with Crippen LogP contribution in [0.15, 0.2) is 91.1 Å². The van der Waals surface area contributed by atoms with Gasteiger partial charge in [0.15, 0.2) is 0 Å². The molecular weight excluding hydrogens is 362 g/mol. The molecular formula is C25H18NO3. The van der Waals surface area contributed by atoms with Gasteiger partial charge in [-0.1, -0.05) is 54.6 Å². The number of carboxylic acid groups (broad SMARTS) is 1. The van der Waals surface area contributed by atoms with Crippen LogP contribution in [0.4, 0.5) is 0 Å². The van der Waals surface area contributed by atoms with Gasteiger partial charge in [0.1, 0.15) is 12.4 Å². The number of hydrogen-bond acceptors (Lipinski definition) is 3. The lowest BCUT2D eigenvalue weighted by Crippen LogP contribution is -2.00. The Kier molecular flexibility index (Phi) is 5.34. The molecule has 1 N–H and O–H groups in total. The molecule has 0 unspecified atom stereocenters. The van der Waals surface area contributed by atoms with Gasteiger partial charge in [0.25, 0.3) is 0 Å². The molecule has 1 aromatic heterocycles. The molecule has 3 aromatic carbocycles. The third kappa shape index (κ3) is 4.33. The Morgan fingerprint density at radius 2 is 1.66 bits per heavy atom. The molecule has 0 fully saturated rings. The number of benzene rings is 3. The number of pyridine rings is 1. The maximum Gasteiger partial charge on any atom is 0.335 e. The van der Waals surface area contributed by atoms with E-state index < -0.39 is 5.97 Å². The molecule has 0 bridgehead atoms. The van der Waals surface area contributed by atoms with E-state index in [1.807, 2.05) is 60.7 Å². The summed E-state index contributed by atoms with van der Waals surface area (Å²) in [7, 11) is 0. The van der Waals surface area contributed by atoms with Crippen molar-refractivity contribution in [3.63, 3.8) is 0 Å². The first kappa shape index (κ1) is 18.4. The molecule has 0 aliphatic heterocycles. The number of carboxylic acids is 1. The van der Waals surface area contributed by atoms with Crippen LogP contribution in [0.5, 0.6) is 5.75 Å². The Balaban J connectivity index is 1.50. The number of carbonyl (C=O) groups is 1. The highest BCUT2D eigenvalue weighted by atomic mass is 16.5. The highest BCUT2D eigenvalue weighted by molar-refractivity contribution is 5.88. The van der Waals surface area contributed by atoms with Gasteiger partial charge in [0.05, 0.1) is 11.3 Å². The zero-order valence-corrected chi connectivity index (χ0v) is 15.6.